The van der Waals surface area contributed by atoms with Crippen molar-refractivity contribution in [2.75, 3.05) is 6.61 Å². The van der Waals surface area contributed by atoms with Crippen molar-refractivity contribution in [3.05, 3.63) is 17.2 Å². The lowest BCUT2D eigenvalue weighted by Crippen LogP contribution is -2.21. The molecule has 5 nitrogen and oxygen atoms in total. The van der Waals surface area contributed by atoms with Gasteiger partial charge in [0.25, 0.3) is 0 Å². The van der Waals surface area contributed by atoms with Gasteiger partial charge in [0.1, 0.15) is 11.4 Å². The molecule has 0 radical (unpaired) electrons. The molecule has 0 bridgehead atoms. The van der Waals surface area contributed by atoms with Gasteiger partial charge in [-0.3, -0.25) is 0 Å². The molecule has 0 saturated carbocycles. The van der Waals surface area contributed by atoms with E-state index in [1.54, 1.807) is 6.92 Å². The number of carboxylic acids is 1. The number of aryl methyl sites for hydroxylation is 1. The van der Waals surface area contributed by atoms with Gasteiger partial charge in [-0.05, 0) is 26.7 Å². The zero-order valence-electron chi connectivity index (χ0n) is 8.83. The Kier molecular flexibility index (Phi) is 2.26. The van der Waals surface area contributed by atoms with Crippen molar-refractivity contribution in [1.29, 1.82) is 0 Å². The number of rotatable bonds is 2. The van der Waals surface area contributed by atoms with Crippen molar-refractivity contribution in [2.24, 2.45) is 0 Å². The summed E-state index contributed by atoms with van der Waals surface area (Å²) in [6, 6.07) is 0. The monoisotopic (exact) mass is 210 g/mol. The fourth-order valence-corrected chi connectivity index (χ4v) is 1.88. The number of ether oxygens (including phenoxy) is 1. The molecule has 0 aliphatic carbocycles. The molecular formula is C10H14N2O3. The van der Waals surface area contributed by atoms with Gasteiger partial charge in [0, 0.05) is 12.3 Å². The minimum absolute atomic E-state index is 0.0849. The molecule has 1 unspecified atom stereocenters. The zero-order chi connectivity index (χ0) is 11.1. The summed E-state index contributed by atoms with van der Waals surface area (Å²) < 4.78 is 5.59. The van der Waals surface area contributed by atoms with Gasteiger partial charge in [-0.15, -0.1) is 0 Å². The van der Waals surface area contributed by atoms with Crippen molar-refractivity contribution < 1.29 is 14.6 Å². The number of aromatic amines is 1. The fourth-order valence-electron chi connectivity index (χ4n) is 1.88. The molecule has 2 N–H and O–H groups in total. The molecule has 1 aromatic heterocycles. The Labute approximate surface area is 87.5 Å². The number of aromatic carboxylic acids is 1. The average Bonchev–Trinajstić information content (AvgIpc) is 2.72. The number of carboxylic acid groups (broad SMARTS) is 1. The van der Waals surface area contributed by atoms with Gasteiger partial charge >= 0.3 is 5.97 Å². The predicted molar refractivity (Wildman–Crippen MR) is 52.8 cm³/mol. The smallest absolute Gasteiger partial charge is 0.356 e. The number of H-pyrrole nitrogens is 1. The molecule has 82 valence electrons. The minimum atomic E-state index is -1.00. The first kappa shape index (κ1) is 10.2. The maximum Gasteiger partial charge on any atom is 0.356 e. The molecule has 1 aliphatic rings. The van der Waals surface area contributed by atoms with Gasteiger partial charge in [-0.25, -0.2) is 9.78 Å². The molecule has 2 rings (SSSR count). The normalized spacial score (nSPS) is 25.7. The summed E-state index contributed by atoms with van der Waals surface area (Å²) in [5, 5.41) is 8.88. The zero-order valence-corrected chi connectivity index (χ0v) is 8.83. The Bertz CT molecular complexity index is 391. The topological polar surface area (TPSA) is 75.2 Å². The van der Waals surface area contributed by atoms with Gasteiger partial charge in [-0.2, -0.15) is 0 Å². The predicted octanol–water partition coefficient (Wildman–Crippen LogP) is 1.44. The van der Waals surface area contributed by atoms with Crippen LogP contribution in [0.1, 0.15) is 41.8 Å². The van der Waals surface area contributed by atoms with Crippen molar-refractivity contribution in [3.8, 4) is 0 Å². The number of aromatic nitrogens is 2. The summed E-state index contributed by atoms with van der Waals surface area (Å²) in [5.41, 5.74) is 0.217. The molecule has 5 heteroatoms. The van der Waals surface area contributed by atoms with E-state index in [-0.39, 0.29) is 5.69 Å². The Balaban J connectivity index is 2.37. The molecule has 0 aromatic carbocycles. The SMILES string of the molecule is Cc1[nH]c(C2(C)CCCO2)nc1C(=O)O. The van der Waals surface area contributed by atoms with Gasteiger partial charge in [0.05, 0.1) is 0 Å². The highest BCUT2D eigenvalue weighted by Gasteiger charge is 2.35. The molecular weight excluding hydrogens is 196 g/mol. The summed E-state index contributed by atoms with van der Waals surface area (Å²) in [5.74, 6) is -0.383. The summed E-state index contributed by atoms with van der Waals surface area (Å²) >= 11 is 0. The van der Waals surface area contributed by atoms with Crippen molar-refractivity contribution in [3.63, 3.8) is 0 Å². The van der Waals surface area contributed by atoms with E-state index in [9.17, 15) is 4.79 Å². The Morgan fingerprint density at radius 3 is 2.87 bits per heavy atom. The summed E-state index contributed by atoms with van der Waals surface area (Å²) in [6.45, 7) is 4.35. The van der Waals surface area contributed by atoms with Crippen LogP contribution in [-0.2, 0) is 10.3 Å². The van der Waals surface area contributed by atoms with Crippen molar-refractivity contribution >= 4 is 5.97 Å². The molecule has 1 saturated heterocycles. The van der Waals surface area contributed by atoms with Crippen LogP contribution in [-0.4, -0.2) is 27.7 Å². The number of imidazole rings is 1. The second-order valence-electron chi connectivity index (χ2n) is 4.05. The Morgan fingerprint density at radius 2 is 2.40 bits per heavy atom. The van der Waals surface area contributed by atoms with Crippen molar-refractivity contribution in [1.82, 2.24) is 9.97 Å². The number of hydrogen-bond acceptors (Lipinski definition) is 3. The van der Waals surface area contributed by atoms with Crippen LogP contribution in [0.3, 0.4) is 0 Å². The highest BCUT2D eigenvalue weighted by atomic mass is 16.5. The first-order valence-corrected chi connectivity index (χ1v) is 4.97. The molecule has 1 aromatic rings. The number of nitrogens with one attached hydrogen (secondary N) is 1. The fraction of sp³-hybridized carbons (Fsp3) is 0.600. The van der Waals surface area contributed by atoms with Crippen LogP contribution in [0.2, 0.25) is 0 Å². The number of hydrogen-bond donors (Lipinski definition) is 2. The molecule has 1 atom stereocenters. The molecule has 0 amide bonds. The van der Waals surface area contributed by atoms with E-state index in [2.05, 4.69) is 9.97 Å². The molecule has 1 fully saturated rings. The quantitative estimate of drug-likeness (QED) is 0.774. The largest absolute Gasteiger partial charge is 0.476 e. The van der Waals surface area contributed by atoms with E-state index in [4.69, 9.17) is 9.84 Å². The van der Waals surface area contributed by atoms with E-state index < -0.39 is 11.6 Å². The van der Waals surface area contributed by atoms with Crippen LogP contribution >= 0.6 is 0 Å². The molecule has 0 spiro atoms. The van der Waals surface area contributed by atoms with Crippen LogP contribution in [0.25, 0.3) is 0 Å². The maximum atomic E-state index is 10.8. The van der Waals surface area contributed by atoms with E-state index in [0.29, 0.717) is 18.1 Å². The van der Waals surface area contributed by atoms with E-state index >= 15 is 0 Å². The van der Waals surface area contributed by atoms with E-state index in [0.717, 1.165) is 12.8 Å². The van der Waals surface area contributed by atoms with Crippen LogP contribution in [0.4, 0.5) is 0 Å². The van der Waals surface area contributed by atoms with E-state index in [1.165, 1.54) is 0 Å². The second kappa shape index (κ2) is 3.34. The number of nitrogens with zero attached hydrogens (tertiary/aromatic N) is 1. The second-order valence-corrected chi connectivity index (χ2v) is 4.05. The van der Waals surface area contributed by atoms with Crippen LogP contribution in [0, 0.1) is 6.92 Å². The summed E-state index contributed by atoms with van der Waals surface area (Å²) in [7, 11) is 0. The third-order valence-corrected chi connectivity index (χ3v) is 2.81. The third kappa shape index (κ3) is 1.63. The third-order valence-electron chi connectivity index (χ3n) is 2.81. The van der Waals surface area contributed by atoms with Crippen LogP contribution in [0.5, 0.6) is 0 Å². The molecule has 15 heavy (non-hydrogen) atoms. The van der Waals surface area contributed by atoms with Crippen LogP contribution in [0.15, 0.2) is 0 Å². The lowest BCUT2D eigenvalue weighted by Gasteiger charge is -2.19. The lowest BCUT2D eigenvalue weighted by molar-refractivity contribution is 0.00987. The lowest BCUT2D eigenvalue weighted by atomic mass is 10.0. The first-order valence-electron chi connectivity index (χ1n) is 4.97. The first-order chi connectivity index (χ1) is 7.03. The highest BCUT2D eigenvalue weighted by Crippen LogP contribution is 2.34. The van der Waals surface area contributed by atoms with Crippen molar-refractivity contribution in [2.45, 2.75) is 32.3 Å². The number of carbonyl (C=O) groups is 1. The standard InChI is InChI=1S/C10H14N2O3/c1-6-7(8(13)14)12-9(11-6)10(2)4-3-5-15-10/h3-5H2,1-2H3,(H,11,12)(H,13,14). The Hall–Kier alpha value is -1.36. The maximum absolute atomic E-state index is 10.8. The molecule has 2 heterocycles. The van der Waals surface area contributed by atoms with Gasteiger partial charge in [0.15, 0.2) is 5.69 Å². The van der Waals surface area contributed by atoms with Gasteiger partial charge in [0.2, 0.25) is 0 Å². The average molecular weight is 210 g/mol. The Morgan fingerprint density at radius 1 is 1.67 bits per heavy atom. The minimum Gasteiger partial charge on any atom is -0.476 e. The van der Waals surface area contributed by atoms with Crippen LogP contribution < -0.4 is 0 Å². The summed E-state index contributed by atoms with van der Waals surface area (Å²) in [4.78, 5) is 17.9. The summed E-state index contributed by atoms with van der Waals surface area (Å²) in [6.07, 6.45) is 1.86. The molecule has 1 aliphatic heterocycles. The highest BCUT2D eigenvalue weighted by molar-refractivity contribution is 5.86. The van der Waals surface area contributed by atoms with Gasteiger partial charge in [-0.1, -0.05) is 0 Å². The van der Waals surface area contributed by atoms with Gasteiger partial charge < -0.3 is 14.8 Å². The van der Waals surface area contributed by atoms with E-state index in [1.807, 2.05) is 6.92 Å².